The average Bonchev–Trinajstić information content (AvgIpc) is 3.07. The van der Waals surface area contributed by atoms with Gasteiger partial charge in [-0.15, -0.1) is 0 Å². The normalized spacial score (nSPS) is 22.0. The van der Waals surface area contributed by atoms with E-state index < -0.39 is 0 Å². The molecule has 82 valence electrons. The van der Waals surface area contributed by atoms with E-state index in [0.29, 0.717) is 6.42 Å². The van der Waals surface area contributed by atoms with Crippen LogP contribution < -0.4 is 0 Å². The van der Waals surface area contributed by atoms with Crippen molar-refractivity contribution in [3.8, 4) is 0 Å². The number of esters is 1. The number of rotatable bonds is 4. The van der Waals surface area contributed by atoms with Gasteiger partial charge in [0.1, 0.15) is 6.61 Å². The Morgan fingerprint density at radius 2 is 2.19 bits per heavy atom. The third-order valence-electron chi connectivity index (χ3n) is 2.50. The van der Waals surface area contributed by atoms with Crippen LogP contribution in [0.25, 0.3) is 0 Å². The van der Waals surface area contributed by atoms with E-state index in [0.717, 1.165) is 5.56 Å². The lowest BCUT2D eigenvalue weighted by Crippen LogP contribution is -2.08. The number of ether oxygens (including phenoxy) is 1. The number of benzene rings is 1. The molecule has 0 N–H and O–H groups in total. The first kappa shape index (κ1) is 10.6. The maximum absolute atomic E-state index is 11.5. The van der Waals surface area contributed by atoms with E-state index in [-0.39, 0.29) is 24.5 Å². The highest BCUT2D eigenvalue weighted by molar-refractivity contribution is 5.77. The zero-order valence-corrected chi connectivity index (χ0v) is 8.63. The molecule has 0 aromatic heterocycles. The van der Waals surface area contributed by atoms with Crippen LogP contribution in [0.3, 0.4) is 0 Å². The van der Waals surface area contributed by atoms with Crippen LogP contribution in [0.5, 0.6) is 0 Å². The summed E-state index contributed by atoms with van der Waals surface area (Å²) in [5.74, 6) is -0.530. The zero-order valence-electron chi connectivity index (χ0n) is 8.63. The third kappa shape index (κ3) is 2.55. The van der Waals surface area contributed by atoms with E-state index in [1.807, 2.05) is 30.3 Å². The van der Waals surface area contributed by atoms with Crippen molar-refractivity contribution in [2.45, 2.75) is 19.1 Å². The molecule has 0 saturated heterocycles. The molecule has 0 aliphatic heterocycles. The molecule has 0 bridgehead atoms. The first-order valence-corrected chi connectivity index (χ1v) is 5.09. The maximum atomic E-state index is 11.5. The van der Waals surface area contributed by atoms with Gasteiger partial charge in [0.15, 0.2) is 0 Å². The summed E-state index contributed by atoms with van der Waals surface area (Å²) in [6.45, 7) is 0.272. The van der Waals surface area contributed by atoms with E-state index in [9.17, 15) is 9.59 Å². The number of carbonyl (C=O) groups is 1. The van der Waals surface area contributed by atoms with Gasteiger partial charge in [0, 0.05) is 0 Å². The summed E-state index contributed by atoms with van der Waals surface area (Å²) in [6, 6.07) is 9.25. The van der Waals surface area contributed by atoms with Gasteiger partial charge in [-0.2, -0.15) is 0 Å². The van der Waals surface area contributed by atoms with E-state index in [1.54, 1.807) is 0 Å². The molecule has 1 aliphatic rings. The molecule has 1 aromatic rings. The third-order valence-corrected chi connectivity index (χ3v) is 2.50. The summed E-state index contributed by atoms with van der Waals surface area (Å²) in [4.78, 5) is 24.9. The van der Waals surface area contributed by atoms with Crippen LogP contribution in [0.2, 0.25) is 0 Å². The number of hydrogen-bond acceptors (Lipinski definition) is 4. The minimum absolute atomic E-state index is 0.208. The summed E-state index contributed by atoms with van der Waals surface area (Å²) in [6.07, 6.45) is 2.06. The molecule has 4 heteroatoms. The predicted octanol–water partition coefficient (Wildman–Crippen LogP) is 1.45. The summed E-state index contributed by atoms with van der Waals surface area (Å²) >= 11 is 0. The van der Waals surface area contributed by atoms with Crippen molar-refractivity contribution in [3.63, 3.8) is 0 Å². The Hall–Kier alpha value is -1.93. The van der Waals surface area contributed by atoms with Crippen LogP contribution in [0.15, 0.2) is 35.3 Å². The Balaban J connectivity index is 1.79. The molecule has 1 saturated carbocycles. The molecular weight excluding hydrogens is 206 g/mol. The van der Waals surface area contributed by atoms with Crippen LogP contribution in [0.1, 0.15) is 12.0 Å². The van der Waals surface area contributed by atoms with Crippen molar-refractivity contribution in [3.05, 3.63) is 35.9 Å². The number of nitrogens with zero attached hydrogens (tertiary/aromatic N) is 1. The predicted molar refractivity (Wildman–Crippen MR) is 56.3 cm³/mol. The Bertz CT molecular complexity index is 423. The van der Waals surface area contributed by atoms with Crippen LogP contribution >= 0.6 is 0 Å². The Morgan fingerprint density at radius 3 is 2.88 bits per heavy atom. The molecule has 0 spiro atoms. The van der Waals surface area contributed by atoms with Gasteiger partial charge in [0.2, 0.25) is 6.08 Å². The first-order chi connectivity index (χ1) is 7.81. The lowest BCUT2D eigenvalue weighted by molar-refractivity contribution is -0.146. The van der Waals surface area contributed by atoms with Crippen LogP contribution in [0.4, 0.5) is 0 Å². The summed E-state index contributed by atoms with van der Waals surface area (Å²) < 4.78 is 5.10. The van der Waals surface area contributed by atoms with Gasteiger partial charge < -0.3 is 4.74 Å². The number of aliphatic imine (C=N–C) groups is 1. The van der Waals surface area contributed by atoms with Crippen LogP contribution in [-0.4, -0.2) is 18.1 Å². The quantitative estimate of drug-likeness (QED) is 0.436. The van der Waals surface area contributed by atoms with Gasteiger partial charge in [0.05, 0.1) is 12.0 Å². The summed E-state index contributed by atoms with van der Waals surface area (Å²) in [5.41, 5.74) is 0.951. The fourth-order valence-corrected chi connectivity index (χ4v) is 1.48. The van der Waals surface area contributed by atoms with Crippen LogP contribution in [0, 0.1) is 5.92 Å². The monoisotopic (exact) mass is 217 g/mol. The number of isocyanates is 1. The first-order valence-electron chi connectivity index (χ1n) is 5.09. The molecule has 1 aliphatic carbocycles. The van der Waals surface area contributed by atoms with Crippen molar-refractivity contribution < 1.29 is 14.3 Å². The molecule has 0 heterocycles. The highest BCUT2D eigenvalue weighted by Gasteiger charge is 2.44. The summed E-state index contributed by atoms with van der Waals surface area (Å²) in [7, 11) is 0. The molecular formula is C12H11NO3. The second-order valence-corrected chi connectivity index (χ2v) is 3.72. The van der Waals surface area contributed by atoms with Crippen molar-refractivity contribution >= 4 is 12.0 Å². The smallest absolute Gasteiger partial charge is 0.311 e. The minimum Gasteiger partial charge on any atom is -0.461 e. The Kier molecular flexibility index (Phi) is 3.13. The SMILES string of the molecule is O=C=NC1CC1C(=O)OCc1ccccc1. The van der Waals surface area contributed by atoms with Gasteiger partial charge >= 0.3 is 5.97 Å². The molecule has 16 heavy (non-hydrogen) atoms. The lowest BCUT2D eigenvalue weighted by Gasteiger charge is -2.03. The zero-order chi connectivity index (χ0) is 11.4. The van der Waals surface area contributed by atoms with E-state index in [2.05, 4.69) is 4.99 Å². The number of hydrogen-bond donors (Lipinski definition) is 0. The fraction of sp³-hybridized carbons (Fsp3) is 0.333. The van der Waals surface area contributed by atoms with E-state index in [1.165, 1.54) is 6.08 Å². The van der Waals surface area contributed by atoms with Gasteiger partial charge in [-0.05, 0) is 12.0 Å². The molecule has 1 fully saturated rings. The van der Waals surface area contributed by atoms with Crippen LogP contribution in [-0.2, 0) is 20.9 Å². The molecule has 0 amide bonds. The molecule has 2 unspecified atom stereocenters. The molecule has 2 rings (SSSR count). The minimum atomic E-state index is -0.284. The van der Waals surface area contributed by atoms with Gasteiger partial charge in [-0.1, -0.05) is 30.3 Å². The molecule has 1 aromatic carbocycles. The Labute approximate surface area is 92.9 Å². The molecule has 0 radical (unpaired) electrons. The van der Waals surface area contributed by atoms with Crippen molar-refractivity contribution in [2.75, 3.05) is 0 Å². The fourth-order valence-electron chi connectivity index (χ4n) is 1.48. The summed E-state index contributed by atoms with van der Waals surface area (Å²) in [5, 5.41) is 0. The van der Waals surface area contributed by atoms with Crippen molar-refractivity contribution in [1.82, 2.24) is 0 Å². The van der Waals surface area contributed by atoms with Crippen molar-refractivity contribution in [1.29, 1.82) is 0 Å². The molecule has 4 nitrogen and oxygen atoms in total. The van der Waals surface area contributed by atoms with Gasteiger partial charge in [-0.25, -0.2) is 9.79 Å². The average molecular weight is 217 g/mol. The van der Waals surface area contributed by atoms with Crippen molar-refractivity contribution in [2.24, 2.45) is 10.9 Å². The van der Waals surface area contributed by atoms with E-state index in [4.69, 9.17) is 4.74 Å². The van der Waals surface area contributed by atoms with Gasteiger partial charge in [-0.3, -0.25) is 4.79 Å². The standard InChI is InChI=1S/C12H11NO3/c14-8-13-11-6-10(11)12(15)16-7-9-4-2-1-3-5-9/h1-5,10-11H,6-7H2. The number of carbonyl (C=O) groups excluding carboxylic acids is 2. The second kappa shape index (κ2) is 4.73. The second-order valence-electron chi connectivity index (χ2n) is 3.72. The highest BCUT2D eigenvalue weighted by atomic mass is 16.5. The van der Waals surface area contributed by atoms with E-state index >= 15 is 0 Å². The Morgan fingerprint density at radius 1 is 1.44 bits per heavy atom. The topological polar surface area (TPSA) is 55.7 Å². The van der Waals surface area contributed by atoms with Gasteiger partial charge in [0.25, 0.3) is 0 Å². The lowest BCUT2D eigenvalue weighted by atomic mass is 10.2. The maximum Gasteiger partial charge on any atom is 0.311 e. The molecule has 2 atom stereocenters. The largest absolute Gasteiger partial charge is 0.461 e. The highest BCUT2D eigenvalue weighted by Crippen LogP contribution is 2.34.